The van der Waals surface area contributed by atoms with Crippen LogP contribution in [0.1, 0.15) is 32.8 Å². The number of hydrogen-bond acceptors (Lipinski definition) is 5. The van der Waals surface area contributed by atoms with Gasteiger partial charge in [0.1, 0.15) is 6.17 Å². The van der Waals surface area contributed by atoms with Crippen LogP contribution >= 0.6 is 12.2 Å². The Bertz CT molecular complexity index is 946. The molecule has 2 rings (SSSR count). The lowest BCUT2D eigenvalue weighted by Gasteiger charge is -2.28. The number of amides is 1. The second kappa shape index (κ2) is 12.1. The molecular formula is C25H33N3O4S. The van der Waals surface area contributed by atoms with Crippen LogP contribution in [0.4, 0.5) is 5.69 Å². The zero-order valence-corrected chi connectivity index (χ0v) is 20.8. The zero-order valence-electron chi connectivity index (χ0n) is 20.0. The Labute approximate surface area is 201 Å². The van der Waals surface area contributed by atoms with Crippen LogP contribution in [0.15, 0.2) is 48.5 Å². The minimum Gasteiger partial charge on any atom is -0.493 e. The summed E-state index contributed by atoms with van der Waals surface area (Å²) in [5.41, 5.74) is 1.58. The van der Waals surface area contributed by atoms with Gasteiger partial charge in [-0.3, -0.25) is 4.79 Å². The van der Waals surface area contributed by atoms with Crippen molar-refractivity contribution in [2.24, 2.45) is 5.41 Å². The minimum atomic E-state index is -0.356. The number of thiocarbonyl (C=S) groups is 1. The van der Waals surface area contributed by atoms with E-state index in [1.165, 1.54) is 6.08 Å². The van der Waals surface area contributed by atoms with Crippen LogP contribution in [-0.2, 0) is 4.79 Å². The van der Waals surface area contributed by atoms with Crippen molar-refractivity contribution in [1.82, 2.24) is 10.6 Å². The number of rotatable bonds is 9. The summed E-state index contributed by atoms with van der Waals surface area (Å²) in [6.45, 7) is 6.31. The van der Waals surface area contributed by atoms with E-state index in [1.807, 2.05) is 30.3 Å². The Hall–Kier alpha value is -3.26. The van der Waals surface area contributed by atoms with Gasteiger partial charge in [0.25, 0.3) is 0 Å². The van der Waals surface area contributed by atoms with Crippen molar-refractivity contribution in [3.8, 4) is 17.2 Å². The first kappa shape index (κ1) is 26.0. The van der Waals surface area contributed by atoms with Crippen LogP contribution in [0.5, 0.6) is 17.2 Å². The number of anilines is 1. The average molecular weight is 472 g/mol. The van der Waals surface area contributed by atoms with E-state index in [-0.39, 0.29) is 17.5 Å². The molecule has 0 saturated carbocycles. The van der Waals surface area contributed by atoms with Gasteiger partial charge in [-0.05, 0) is 60.0 Å². The molecule has 1 unspecified atom stereocenters. The van der Waals surface area contributed by atoms with Crippen LogP contribution in [0, 0.1) is 5.41 Å². The van der Waals surface area contributed by atoms with Gasteiger partial charge in [-0.2, -0.15) is 0 Å². The molecule has 0 aromatic heterocycles. The average Bonchev–Trinajstić information content (AvgIpc) is 2.76. The molecule has 0 heterocycles. The third-order valence-corrected chi connectivity index (χ3v) is 4.80. The zero-order chi connectivity index (χ0) is 24.4. The van der Waals surface area contributed by atoms with Gasteiger partial charge in [0.2, 0.25) is 11.7 Å². The summed E-state index contributed by atoms with van der Waals surface area (Å²) < 4.78 is 16.1. The lowest BCUT2D eigenvalue weighted by atomic mass is 9.90. The molecular weight excluding hydrogens is 438 g/mol. The Morgan fingerprint density at radius 3 is 2.12 bits per heavy atom. The number of para-hydroxylation sites is 1. The van der Waals surface area contributed by atoms with Gasteiger partial charge in [-0.15, -0.1) is 0 Å². The maximum Gasteiger partial charge on any atom is 0.245 e. The summed E-state index contributed by atoms with van der Waals surface area (Å²) in [7, 11) is 4.64. The summed E-state index contributed by atoms with van der Waals surface area (Å²) in [6, 6.07) is 13.2. The first-order valence-corrected chi connectivity index (χ1v) is 11.0. The van der Waals surface area contributed by atoms with Crippen LogP contribution in [0.2, 0.25) is 0 Å². The van der Waals surface area contributed by atoms with Crippen LogP contribution in [0.25, 0.3) is 6.08 Å². The highest BCUT2D eigenvalue weighted by molar-refractivity contribution is 7.80. The SMILES string of the molecule is COc1cc(C=CC(=O)NC(CC(C)(C)C)NC(=S)Nc2ccccc2)cc(OC)c1OC. The molecule has 2 aromatic carbocycles. The molecule has 8 heteroatoms. The molecule has 2 aromatic rings. The highest BCUT2D eigenvalue weighted by Crippen LogP contribution is 2.38. The van der Waals surface area contributed by atoms with Gasteiger partial charge in [0, 0.05) is 11.8 Å². The van der Waals surface area contributed by atoms with Crippen LogP contribution < -0.4 is 30.2 Å². The lowest BCUT2D eigenvalue weighted by molar-refractivity contribution is -0.117. The molecule has 0 spiro atoms. The number of nitrogens with one attached hydrogen (secondary N) is 3. The maximum atomic E-state index is 12.7. The third kappa shape index (κ3) is 8.65. The molecule has 0 aliphatic heterocycles. The Balaban J connectivity index is 2.10. The summed E-state index contributed by atoms with van der Waals surface area (Å²) in [6.07, 6.45) is 3.47. The Morgan fingerprint density at radius 1 is 1.00 bits per heavy atom. The number of methoxy groups -OCH3 is 3. The first-order chi connectivity index (χ1) is 15.6. The van der Waals surface area contributed by atoms with Gasteiger partial charge in [-0.25, -0.2) is 0 Å². The molecule has 3 N–H and O–H groups in total. The fourth-order valence-corrected chi connectivity index (χ4v) is 3.45. The molecule has 0 bridgehead atoms. The highest BCUT2D eigenvalue weighted by atomic mass is 32.1. The van der Waals surface area contributed by atoms with E-state index in [0.717, 1.165) is 11.3 Å². The standard InChI is InChI=1S/C25H33N3O4S/c1-25(2,3)16-21(28-24(33)26-18-10-8-7-9-11-18)27-22(29)13-12-17-14-19(30-4)23(32-6)20(15-17)31-5/h7-15,21H,16H2,1-6H3,(H,27,29)(H2,26,28,33). The monoisotopic (exact) mass is 471 g/mol. The lowest BCUT2D eigenvalue weighted by Crippen LogP contribution is -2.50. The number of carbonyl (C=O) groups is 1. The van der Waals surface area contributed by atoms with Crippen molar-refractivity contribution >= 4 is 35.0 Å². The fourth-order valence-electron chi connectivity index (χ4n) is 3.19. The van der Waals surface area contributed by atoms with E-state index in [1.54, 1.807) is 39.5 Å². The van der Waals surface area contributed by atoms with Crippen LogP contribution in [-0.4, -0.2) is 38.5 Å². The normalized spacial score (nSPS) is 12.1. The van der Waals surface area contributed by atoms with E-state index in [0.29, 0.717) is 28.8 Å². The van der Waals surface area contributed by atoms with E-state index in [2.05, 4.69) is 36.7 Å². The summed E-state index contributed by atoms with van der Waals surface area (Å²) >= 11 is 5.44. The Morgan fingerprint density at radius 2 is 1.61 bits per heavy atom. The van der Waals surface area contributed by atoms with Gasteiger partial charge >= 0.3 is 0 Å². The predicted octanol–water partition coefficient (Wildman–Crippen LogP) is 4.59. The number of benzene rings is 2. The molecule has 0 fully saturated rings. The van der Waals surface area contributed by atoms with Gasteiger partial charge in [-0.1, -0.05) is 39.0 Å². The molecule has 1 atom stereocenters. The first-order valence-electron chi connectivity index (χ1n) is 10.6. The van der Waals surface area contributed by atoms with Crippen LogP contribution in [0.3, 0.4) is 0 Å². The predicted molar refractivity (Wildman–Crippen MR) is 137 cm³/mol. The quantitative estimate of drug-likeness (QED) is 0.280. The van der Waals surface area contributed by atoms with E-state index in [4.69, 9.17) is 26.4 Å². The van der Waals surface area contributed by atoms with Gasteiger partial charge in [0.15, 0.2) is 16.6 Å². The topological polar surface area (TPSA) is 80.9 Å². The molecule has 1 amide bonds. The maximum absolute atomic E-state index is 12.7. The number of ether oxygens (including phenoxy) is 3. The summed E-state index contributed by atoms with van der Waals surface area (Å²) in [5.74, 6) is 1.27. The largest absolute Gasteiger partial charge is 0.493 e. The smallest absolute Gasteiger partial charge is 0.245 e. The van der Waals surface area contributed by atoms with Crippen molar-refractivity contribution in [2.45, 2.75) is 33.4 Å². The minimum absolute atomic E-state index is 0.0340. The van der Waals surface area contributed by atoms with Crippen molar-refractivity contribution in [1.29, 1.82) is 0 Å². The van der Waals surface area contributed by atoms with Gasteiger partial charge < -0.3 is 30.2 Å². The highest BCUT2D eigenvalue weighted by Gasteiger charge is 2.21. The van der Waals surface area contributed by atoms with Crippen molar-refractivity contribution < 1.29 is 19.0 Å². The second-order valence-corrected chi connectivity index (χ2v) is 8.99. The molecule has 7 nitrogen and oxygen atoms in total. The third-order valence-electron chi connectivity index (χ3n) is 4.58. The fraction of sp³-hybridized carbons (Fsp3) is 0.360. The molecule has 0 aliphatic carbocycles. The van der Waals surface area contributed by atoms with Gasteiger partial charge in [0.05, 0.1) is 21.3 Å². The molecule has 0 aliphatic rings. The second-order valence-electron chi connectivity index (χ2n) is 8.58. The summed E-state index contributed by atoms with van der Waals surface area (Å²) in [5, 5.41) is 9.76. The van der Waals surface area contributed by atoms with E-state index >= 15 is 0 Å². The van der Waals surface area contributed by atoms with E-state index in [9.17, 15) is 4.79 Å². The van der Waals surface area contributed by atoms with Crippen molar-refractivity contribution in [3.63, 3.8) is 0 Å². The van der Waals surface area contributed by atoms with Crippen molar-refractivity contribution in [2.75, 3.05) is 26.6 Å². The molecule has 0 radical (unpaired) electrons. The van der Waals surface area contributed by atoms with E-state index < -0.39 is 0 Å². The summed E-state index contributed by atoms with van der Waals surface area (Å²) in [4.78, 5) is 12.7. The molecule has 33 heavy (non-hydrogen) atoms. The molecule has 0 saturated heterocycles. The Kier molecular flexibility index (Phi) is 9.54. The van der Waals surface area contributed by atoms with Crippen molar-refractivity contribution in [3.05, 3.63) is 54.1 Å². The number of hydrogen-bond donors (Lipinski definition) is 3. The number of carbonyl (C=O) groups excluding carboxylic acids is 1. The molecule has 178 valence electrons.